The summed E-state index contributed by atoms with van der Waals surface area (Å²) >= 11 is 6.02. The van der Waals surface area contributed by atoms with Crippen molar-refractivity contribution in [1.82, 2.24) is 0 Å². The van der Waals surface area contributed by atoms with Gasteiger partial charge in [0, 0.05) is 12.1 Å². The first kappa shape index (κ1) is 18.0. The van der Waals surface area contributed by atoms with Crippen LogP contribution in [0, 0.1) is 17.8 Å². The van der Waals surface area contributed by atoms with E-state index in [2.05, 4.69) is 24.3 Å². The number of halogens is 1. The lowest BCUT2D eigenvalue weighted by Gasteiger charge is -2.37. The molecule has 0 heterocycles. The van der Waals surface area contributed by atoms with Gasteiger partial charge in [0.25, 0.3) is 0 Å². The molecule has 2 fully saturated rings. The van der Waals surface area contributed by atoms with Gasteiger partial charge in [-0.15, -0.1) is 0 Å². The van der Waals surface area contributed by atoms with E-state index in [1.54, 1.807) is 7.11 Å². The average molecular weight is 347 g/mol. The standard InChI is InChI=1S/C22H31ClO/c1-24-16-2-3-17-4-6-18(7-5-17)19-8-10-20(11-9-19)21-12-14-22(23)15-13-21/h2-3,12-15,17-20H,4-11,16H2,1H3/t17-,18-,19-,20-. The van der Waals surface area contributed by atoms with Crippen LogP contribution in [0.2, 0.25) is 5.02 Å². The molecule has 0 aliphatic heterocycles. The molecule has 0 spiro atoms. The van der Waals surface area contributed by atoms with Gasteiger partial charge >= 0.3 is 0 Å². The van der Waals surface area contributed by atoms with Crippen LogP contribution in [0.5, 0.6) is 0 Å². The molecule has 2 aliphatic carbocycles. The van der Waals surface area contributed by atoms with E-state index in [1.807, 2.05) is 12.1 Å². The Labute approximate surface area is 152 Å². The lowest BCUT2D eigenvalue weighted by atomic mass is 9.68. The molecule has 0 aromatic heterocycles. The molecule has 1 aromatic carbocycles. The first-order valence-electron chi connectivity index (χ1n) is 9.67. The second-order valence-corrected chi connectivity index (χ2v) is 8.16. The molecule has 0 N–H and O–H groups in total. The number of hydrogen-bond acceptors (Lipinski definition) is 1. The largest absolute Gasteiger partial charge is 0.381 e. The molecular formula is C22H31ClO. The summed E-state index contributed by atoms with van der Waals surface area (Å²) in [7, 11) is 1.77. The zero-order valence-corrected chi connectivity index (χ0v) is 15.7. The summed E-state index contributed by atoms with van der Waals surface area (Å²) in [6.45, 7) is 0.759. The summed E-state index contributed by atoms with van der Waals surface area (Å²) in [5.74, 6) is 3.49. The van der Waals surface area contributed by atoms with E-state index < -0.39 is 0 Å². The van der Waals surface area contributed by atoms with E-state index in [9.17, 15) is 0 Å². The van der Waals surface area contributed by atoms with Crippen LogP contribution >= 0.6 is 11.6 Å². The van der Waals surface area contributed by atoms with Crippen LogP contribution in [0.25, 0.3) is 0 Å². The summed E-state index contributed by atoms with van der Waals surface area (Å²) in [6, 6.07) is 8.54. The van der Waals surface area contributed by atoms with Gasteiger partial charge in [0.2, 0.25) is 0 Å². The smallest absolute Gasteiger partial charge is 0.0643 e. The quantitative estimate of drug-likeness (QED) is 0.544. The number of methoxy groups -OCH3 is 1. The molecule has 2 aliphatic rings. The number of benzene rings is 1. The molecule has 24 heavy (non-hydrogen) atoms. The third-order valence-electron chi connectivity index (χ3n) is 6.27. The van der Waals surface area contributed by atoms with Crippen LogP contribution in [0.1, 0.15) is 62.8 Å². The highest BCUT2D eigenvalue weighted by Gasteiger charge is 2.30. The SMILES string of the molecule is COCC=C[C@H]1CC[C@H]([C@H]2CC[C@H](c3ccc(Cl)cc3)CC2)CC1. The van der Waals surface area contributed by atoms with Crippen molar-refractivity contribution in [3.63, 3.8) is 0 Å². The van der Waals surface area contributed by atoms with Crippen LogP contribution in [0.3, 0.4) is 0 Å². The maximum atomic E-state index is 6.02. The van der Waals surface area contributed by atoms with Gasteiger partial charge in [0.05, 0.1) is 6.61 Å². The molecule has 2 saturated carbocycles. The lowest BCUT2D eigenvalue weighted by molar-refractivity contribution is 0.171. The molecule has 3 rings (SSSR count). The fourth-order valence-corrected chi connectivity index (χ4v) is 4.94. The van der Waals surface area contributed by atoms with Crippen molar-refractivity contribution in [3.8, 4) is 0 Å². The van der Waals surface area contributed by atoms with E-state index >= 15 is 0 Å². The van der Waals surface area contributed by atoms with E-state index in [4.69, 9.17) is 16.3 Å². The topological polar surface area (TPSA) is 9.23 Å². The molecule has 0 saturated heterocycles. The normalized spacial score (nSPS) is 31.4. The van der Waals surface area contributed by atoms with Gasteiger partial charge in [0.1, 0.15) is 0 Å². The van der Waals surface area contributed by atoms with Gasteiger partial charge < -0.3 is 4.74 Å². The van der Waals surface area contributed by atoms with E-state index in [1.165, 1.54) is 56.9 Å². The number of rotatable bonds is 5. The van der Waals surface area contributed by atoms with Gasteiger partial charge in [-0.1, -0.05) is 35.9 Å². The predicted octanol–water partition coefficient (Wildman–Crippen LogP) is 6.62. The Balaban J connectivity index is 1.43. The van der Waals surface area contributed by atoms with Gasteiger partial charge in [-0.05, 0) is 92.7 Å². The lowest BCUT2D eigenvalue weighted by Crippen LogP contribution is -2.25. The first-order chi connectivity index (χ1) is 11.8. The fraction of sp³-hybridized carbons (Fsp3) is 0.636. The highest BCUT2D eigenvalue weighted by atomic mass is 35.5. The van der Waals surface area contributed by atoms with E-state index in [0.717, 1.165) is 35.3 Å². The van der Waals surface area contributed by atoms with E-state index in [0.29, 0.717) is 0 Å². The monoisotopic (exact) mass is 346 g/mol. The molecule has 132 valence electrons. The third kappa shape index (κ3) is 4.86. The van der Waals surface area contributed by atoms with Crippen molar-refractivity contribution in [3.05, 3.63) is 47.0 Å². The van der Waals surface area contributed by atoms with Crippen LogP contribution < -0.4 is 0 Å². The molecular weight excluding hydrogens is 316 g/mol. The second kappa shape index (κ2) is 9.06. The maximum Gasteiger partial charge on any atom is 0.0643 e. The summed E-state index contributed by atoms with van der Waals surface area (Å²) in [5.41, 5.74) is 1.49. The van der Waals surface area contributed by atoms with Crippen molar-refractivity contribution in [1.29, 1.82) is 0 Å². The summed E-state index contributed by atoms with van der Waals surface area (Å²) in [4.78, 5) is 0. The van der Waals surface area contributed by atoms with Crippen molar-refractivity contribution < 1.29 is 4.74 Å². The molecule has 2 heteroatoms. The van der Waals surface area contributed by atoms with Gasteiger partial charge in [-0.3, -0.25) is 0 Å². The van der Waals surface area contributed by atoms with Crippen molar-refractivity contribution in [2.45, 2.75) is 57.3 Å². The minimum Gasteiger partial charge on any atom is -0.381 e. The molecule has 1 aromatic rings. The van der Waals surface area contributed by atoms with E-state index in [-0.39, 0.29) is 0 Å². The summed E-state index contributed by atoms with van der Waals surface area (Å²) in [6.07, 6.45) is 15.8. The number of hydrogen-bond donors (Lipinski definition) is 0. The summed E-state index contributed by atoms with van der Waals surface area (Å²) < 4.78 is 5.11. The Morgan fingerprint density at radius 2 is 1.50 bits per heavy atom. The molecule has 1 nitrogen and oxygen atoms in total. The zero-order chi connectivity index (χ0) is 16.8. The predicted molar refractivity (Wildman–Crippen MR) is 103 cm³/mol. The van der Waals surface area contributed by atoms with Gasteiger partial charge in [0.15, 0.2) is 0 Å². The molecule has 0 amide bonds. The Bertz CT molecular complexity index is 505. The molecule has 0 bridgehead atoms. The minimum atomic E-state index is 0.756. The maximum absolute atomic E-state index is 6.02. The summed E-state index contributed by atoms with van der Waals surface area (Å²) in [5, 5.41) is 0.851. The zero-order valence-electron chi connectivity index (χ0n) is 14.9. The highest BCUT2D eigenvalue weighted by molar-refractivity contribution is 6.30. The number of allylic oxidation sites excluding steroid dienone is 1. The van der Waals surface area contributed by atoms with Crippen molar-refractivity contribution >= 4 is 11.6 Å². The fourth-order valence-electron chi connectivity index (χ4n) is 4.81. The second-order valence-electron chi connectivity index (χ2n) is 7.72. The van der Waals surface area contributed by atoms with Crippen LogP contribution in [-0.4, -0.2) is 13.7 Å². The Morgan fingerprint density at radius 1 is 0.917 bits per heavy atom. The van der Waals surface area contributed by atoms with Crippen LogP contribution in [0.4, 0.5) is 0 Å². The molecule has 0 radical (unpaired) electrons. The van der Waals surface area contributed by atoms with Gasteiger partial charge in [-0.25, -0.2) is 0 Å². The highest BCUT2D eigenvalue weighted by Crippen LogP contribution is 2.44. The average Bonchev–Trinajstić information content (AvgIpc) is 2.63. The Hall–Kier alpha value is -0.790. The van der Waals surface area contributed by atoms with Gasteiger partial charge in [-0.2, -0.15) is 0 Å². The Morgan fingerprint density at radius 3 is 2.08 bits per heavy atom. The van der Waals surface area contributed by atoms with Crippen LogP contribution in [0.15, 0.2) is 36.4 Å². The minimum absolute atomic E-state index is 0.756. The molecule has 0 unspecified atom stereocenters. The Kier molecular flexibility index (Phi) is 6.80. The van der Waals surface area contributed by atoms with Crippen molar-refractivity contribution in [2.24, 2.45) is 17.8 Å². The third-order valence-corrected chi connectivity index (χ3v) is 6.52. The van der Waals surface area contributed by atoms with Crippen molar-refractivity contribution in [2.75, 3.05) is 13.7 Å². The molecule has 0 atom stereocenters. The van der Waals surface area contributed by atoms with Crippen LogP contribution in [-0.2, 0) is 4.74 Å². The first-order valence-corrected chi connectivity index (χ1v) is 10.0. The number of ether oxygens (including phenoxy) is 1.